The normalized spacial score (nSPS) is 22.4. The molecule has 1 aliphatic heterocycles. The molecular weight excluding hydrogens is 566 g/mol. The number of ether oxygens (including phenoxy) is 2. The van der Waals surface area contributed by atoms with Crippen LogP contribution in [0.1, 0.15) is 40.0 Å². The maximum absolute atomic E-state index is 14.3. The fourth-order valence-corrected chi connectivity index (χ4v) is 11.9. The van der Waals surface area contributed by atoms with Crippen LogP contribution in [0.25, 0.3) is 0 Å². The highest BCUT2D eigenvalue weighted by atomic mass is 31.1. The van der Waals surface area contributed by atoms with Crippen LogP contribution in [0.15, 0.2) is 132 Å². The lowest BCUT2D eigenvalue weighted by molar-refractivity contribution is -0.179. The number of hydrogen-bond donors (Lipinski definition) is 0. The second kappa shape index (κ2) is 13.7. The number of benzene rings is 4. The van der Waals surface area contributed by atoms with Crippen molar-refractivity contribution in [1.29, 1.82) is 0 Å². The molecule has 1 heterocycles. The zero-order valence-electron chi connectivity index (χ0n) is 25.2. The molecule has 0 bridgehead atoms. The SMILES string of the molecule is CC(C)[C@@H]1CC[C@@H](C)C[C@H]1O[C@H]1OC(=O)C(P(c2ccccc2)c2ccccc2)=C1P(c1ccccc1)c1ccccc1. The molecule has 0 spiro atoms. The van der Waals surface area contributed by atoms with E-state index in [2.05, 4.69) is 130 Å². The van der Waals surface area contributed by atoms with E-state index < -0.39 is 22.1 Å². The van der Waals surface area contributed by atoms with E-state index in [1.807, 2.05) is 12.1 Å². The fraction of sp³-hybridized carbons (Fsp3) is 0.289. The van der Waals surface area contributed by atoms with Crippen LogP contribution in [-0.2, 0) is 14.3 Å². The summed E-state index contributed by atoms with van der Waals surface area (Å²) in [6.07, 6.45) is 2.67. The molecule has 4 atom stereocenters. The van der Waals surface area contributed by atoms with Crippen molar-refractivity contribution in [3.63, 3.8) is 0 Å². The first-order valence-corrected chi connectivity index (χ1v) is 18.1. The maximum atomic E-state index is 14.3. The highest BCUT2D eigenvalue weighted by molar-refractivity contribution is 7.81. The van der Waals surface area contributed by atoms with E-state index in [-0.39, 0.29) is 12.1 Å². The summed E-state index contributed by atoms with van der Waals surface area (Å²) in [5, 5.41) is 6.44. The average molecular weight is 607 g/mol. The van der Waals surface area contributed by atoms with Gasteiger partial charge in [0.05, 0.1) is 11.4 Å². The van der Waals surface area contributed by atoms with E-state index in [4.69, 9.17) is 9.47 Å². The Morgan fingerprint density at radius 1 is 0.674 bits per heavy atom. The Hall–Kier alpha value is -3.09. The summed E-state index contributed by atoms with van der Waals surface area (Å²) in [7, 11) is -2.30. The number of carbonyl (C=O) groups is 1. The van der Waals surface area contributed by atoms with Crippen molar-refractivity contribution in [2.45, 2.75) is 52.4 Å². The summed E-state index contributed by atoms with van der Waals surface area (Å²) in [4.78, 5) is 14.3. The van der Waals surface area contributed by atoms with Gasteiger partial charge in [-0.3, -0.25) is 0 Å². The summed E-state index contributed by atoms with van der Waals surface area (Å²) in [5.74, 6) is 1.27. The number of rotatable bonds is 9. The van der Waals surface area contributed by atoms with Gasteiger partial charge in [0.1, 0.15) is 0 Å². The van der Waals surface area contributed by atoms with E-state index >= 15 is 0 Å². The third-order valence-electron chi connectivity index (χ3n) is 8.66. The van der Waals surface area contributed by atoms with E-state index in [0.29, 0.717) is 17.8 Å². The number of hydrogen-bond acceptors (Lipinski definition) is 3. The zero-order chi connectivity index (χ0) is 29.8. The molecule has 4 aromatic carbocycles. The Kier molecular flexibility index (Phi) is 9.54. The van der Waals surface area contributed by atoms with Gasteiger partial charge >= 0.3 is 5.97 Å². The zero-order valence-corrected chi connectivity index (χ0v) is 27.0. The lowest BCUT2D eigenvalue weighted by Crippen LogP contribution is -2.38. The first kappa shape index (κ1) is 30.0. The minimum Gasteiger partial charge on any atom is -0.427 e. The molecule has 220 valence electrons. The minimum atomic E-state index is -1.18. The van der Waals surface area contributed by atoms with Gasteiger partial charge in [0.2, 0.25) is 6.29 Å². The van der Waals surface area contributed by atoms with Crippen LogP contribution >= 0.6 is 15.8 Å². The van der Waals surface area contributed by atoms with Crippen molar-refractivity contribution in [1.82, 2.24) is 0 Å². The Labute approximate surface area is 258 Å². The van der Waals surface area contributed by atoms with Gasteiger partial charge in [0.25, 0.3) is 0 Å². The lowest BCUT2D eigenvalue weighted by Gasteiger charge is -2.39. The molecule has 0 unspecified atom stereocenters. The van der Waals surface area contributed by atoms with Crippen LogP contribution < -0.4 is 21.2 Å². The Morgan fingerprint density at radius 3 is 1.56 bits per heavy atom. The fourth-order valence-electron chi connectivity index (χ4n) is 6.51. The highest BCUT2D eigenvalue weighted by Gasteiger charge is 2.46. The van der Waals surface area contributed by atoms with E-state index in [9.17, 15) is 4.79 Å². The summed E-state index contributed by atoms with van der Waals surface area (Å²) in [6, 6.07) is 42.2. The monoisotopic (exact) mass is 606 g/mol. The molecule has 1 saturated carbocycles. The van der Waals surface area contributed by atoms with Gasteiger partial charge < -0.3 is 9.47 Å². The largest absolute Gasteiger partial charge is 0.427 e. The standard InChI is InChI=1S/C38H40O3P2/c1-27(2)33-25-24-28(3)26-34(33)40-38-36(43(31-20-12-6-13-21-31)32-22-14-7-15-23-32)35(37(39)41-38)42(29-16-8-4-9-17-29)30-18-10-5-11-19-30/h4-23,27-28,33-34,38H,24-26H2,1-3H3/t28-,33+,34-,38+/m1/s1. The highest BCUT2D eigenvalue weighted by Crippen LogP contribution is 2.59. The molecule has 0 saturated heterocycles. The average Bonchev–Trinajstić information content (AvgIpc) is 3.34. The Bertz CT molecular complexity index is 1440. The van der Waals surface area contributed by atoms with Gasteiger partial charge in [-0.05, 0) is 67.7 Å². The van der Waals surface area contributed by atoms with Crippen LogP contribution in [-0.4, -0.2) is 18.4 Å². The van der Waals surface area contributed by atoms with E-state index in [1.54, 1.807) is 0 Å². The van der Waals surface area contributed by atoms with Crippen LogP contribution in [0.3, 0.4) is 0 Å². The van der Waals surface area contributed by atoms with Crippen molar-refractivity contribution < 1.29 is 14.3 Å². The van der Waals surface area contributed by atoms with Crippen LogP contribution in [0.2, 0.25) is 0 Å². The van der Waals surface area contributed by atoms with Crippen molar-refractivity contribution in [2.24, 2.45) is 17.8 Å². The number of cyclic esters (lactones) is 1. The molecule has 0 aromatic heterocycles. The number of carbonyl (C=O) groups excluding carboxylic acids is 1. The van der Waals surface area contributed by atoms with Crippen LogP contribution in [0, 0.1) is 17.8 Å². The second-order valence-corrected chi connectivity index (χ2v) is 16.3. The Balaban J connectivity index is 1.58. The first-order chi connectivity index (χ1) is 21.0. The summed E-state index contributed by atoms with van der Waals surface area (Å²) >= 11 is 0. The van der Waals surface area contributed by atoms with Crippen molar-refractivity contribution in [2.75, 3.05) is 0 Å². The van der Waals surface area contributed by atoms with Crippen molar-refractivity contribution in [3.05, 3.63) is 132 Å². The molecule has 0 N–H and O–H groups in total. The lowest BCUT2D eigenvalue weighted by atomic mass is 9.75. The van der Waals surface area contributed by atoms with Crippen LogP contribution in [0.4, 0.5) is 0 Å². The van der Waals surface area contributed by atoms with Crippen LogP contribution in [0.5, 0.6) is 0 Å². The molecule has 0 amide bonds. The molecule has 5 heteroatoms. The van der Waals surface area contributed by atoms with Gasteiger partial charge in [-0.1, -0.05) is 149 Å². The molecule has 0 radical (unpaired) electrons. The minimum absolute atomic E-state index is 0.0407. The third-order valence-corrected chi connectivity index (χ3v) is 13.9. The van der Waals surface area contributed by atoms with Gasteiger partial charge in [0.15, 0.2) is 0 Å². The van der Waals surface area contributed by atoms with E-state index in [0.717, 1.165) is 34.1 Å². The summed E-state index contributed by atoms with van der Waals surface area (Å²) in [5.41, 5.74) is 0. The van der Waals surface area contributed by atoms with E-state index in [1.165, 1.54) is 17.0 Å². The quantitative estimate of drug-likeness (QED) is 0.144. The predicted molar refractivity (Wildman–Crippen MR) is 181 cm³/mol. The predicted octanol–water partition coefficient (Wildman–Crippen LogP) is 7.82. The molecule has 43 heavy (non-hydrogen) atoms. The van der Waals surface area contributed by atoms with Gasteiger partial charge in [-0.15, -0.1) is 0 Å². The number of esters is 1. The molecular formula is C38H40O3P2. The molecule has 1 fully saturated rings. The molecule has 2 aliphatic rings. The Morgan fingerprint density at radius 2 is 1.12 bits per heavy atom. The first-order valence-electron chi connectivity index (χ1n) is 15.4. The molecule has 4 aromatic rings. The molecule has 3 nitrogen and oxygen atoms in total. The molecule has 6 rings (SSSR count). The third kappa shape index (κ3) is 6.56. The van der Waals surface area contributed by atoms with Gasteiger partial charge in [0, 0.05) is 5.31 Å². The smallest absolute Gasteiger partial charge is 0.342 e. The topological polar surface area (TPSA) is 35.5 Å². The second-order valence-electron chi connectivity index (χ2n) is 12.0. The van der Waals surface area contributed by atoms with Crippen molar-refractivity contribution >= 4 is 43.0 Å². The van der Waals surface area contributed by atoms with Gasteiger partial charge in [-0.25, -0.2) is 4.79 Å². The maximum Gasteiger partial charge on any atom is 0.342 e. The summed E-state index contributed by atoms with van der Waals surface area (Å²) < 4.78 is 13.5. The molecule has 1 aliphatic carbocycles. The van der Waals surface area contributed by atoms with Gasteiger partial charge in [-0.2, -0.15) is 0 Å². The summed E-state index contributed by atoms with van der Waals surface area (Å²) in [6.45, 7) is 6.91. The van der Waals surface area contributed by atoms with Crippen molar-refractivity contribution in [3.8, 4) is 0 Å².